The summed E-state index contributed by atoms with van der Waals surface area (Å²) < 4.78 is 10.8. The third-order valence-corrected chi connectivity index (χ3v) is 6.20. The zero-order chi connectivity index (χ0) is 25.4. The molecular weight excluding hydrogens is 466 g/mol. The number of carbonyl (C=O) groups is 3. The zero-order valence-electron chi connectivity index (χ0n) is 20.0. The van der Waals surface area contributed by atoms with Crippen LogP contribution in [0.15, 0.2) is 59.7 Å². The first kappa shape index (κ1) is 25.6. The molecule has 0 saturated heterocycles. The first-order valence-corrected chi connectivity index (χ1v) is 11.8. The average molecular weight is 494 g/mol. The molecule has 1 atom stereocenters. The first-order valence-electron chi connectivity index (χ1n) is 11.0. The van der Waals surface area contributed by atoms with Crippen molar-refractivity contribution in [3.8, 4) is 5.75 Å². The average Bonchev–Trinajstić information content (AvgIpc) is 3.12. The first-order chi connectivity index (χ1) is 16.8. The number of amides is 2. The fourth-order valence-corrected chi connectivity index (χ4v) is 4.13. The number of thiophene rings is 1. The predicted molar refractivity (Wildman–Crippen MR) is 136 cm³/mol. The monoisotopic (exact) mass is 493 g/mol. The van der Waals surface area contributed by atoms with Crippen molar-refractivity contribution in [2.45, 2.75) is 33.8 Å². The van der Waals surface area contributed by atoms with E-state index in [0.29, 0.717) is 21.9 Å². The quantitative estimate of drug-likeness (QED) is 0.255. The molecule has 9 heteroatoms. The fourth-order valence-electron chi connectivity index (χ4n) is 3.08. The van der Waals surface area contributed by atoms with Crippen molar-refractivity contribution < 1.29 is 23.9 Å². The third-order valence-electron chi connectivity index (χ3n) is 5.08. The molecule has 0 saturated carbocycles. The highest BCUT2D eigenvalue weighted by Gasteiger charge is 2.22. The number of nitrogens with one attached hydrogen (secondary N) is 2. The van der Waals surface area contributed by atoms with Gasteiger partial charge < -0.3 is 14.8 Å². The van der Waals surface area contributed by atoms with Gasteiger partial charge in [-0.1, -0.05) is 30.3 Å². The number of esters is 1. The van der Waals surface area contributed by atoms with Gasteiger partial charge in [0, 0.05) is 10.4 Å². The highest BCUT2D eigenvalue weighted by atomic mass is 32.1. The molecule has 0 radical (unpaired) electrons. The molecule has 2 aromatic carbocycles. The van der Waals surface area contributed by atoms with Gasteiger partial charge in [-0.25, -0.2) is 10.2 Å². The maximum atomic E-state index is 12.8. The second-order valence-corrected chi connectivity index (χ2v) is 8.82. The topological polar surface area (TPSA) is 106 Å². The van der Waals surface area contributed by atoms with Crippen molar-refractivity contribution in [1.29, 1.82) is 0 Å². The van der Waals surface area contributed by atoms with E-state index in [0.717, 1.165) is 16.0 Å². The van der Waals surface area contributed by atoms with Gasteiger partial charge in [-0.15, -0.1) is 11.3 Å². The predicted octanol–water partition coefficient (Wildman–Crippen LogP) is 4.71. The Morgan fingerprint density at radius 2 is 1.74 bits per heavy atom. The van der Waals surface area contributed by atoms with Gasteiger partial charge in [0.05, 0.1) is 18.4 Å². The molecule has 8 nitrogen and oxygen atoms in total. The van der Waals surface area contributed by atoms with E-state index in [2.05, 4.69) is 15.8 Å². The van der Waals surface area contributed by atoms with Crippen LogP contribution in [0.4, 0.5) is 5.00 Å². The molecular formula is C26H27N3O5S. The molecule has 3 rings (SSSR count). The summed E-state index contributed by atoms with van der Waals surface area (Å²) >= 11 is 1.32. The van der Waals surface area contributed by atoms with Crippen molar-refractivity contribution in [2.75, 3.05) is 11.9 Å². The number of benzene rings is 2. The maximum absolute atomic E-state index is 12.8. The molecule has 2 N–H and O–H groups in total. The Kier molecular flexibility index (Phi) is 8.74. The summed E-state index contributed by atoms with van der Waals surface area (Å²) in [5.74, 6) is -0.821. The van der Waals surface area contributed by atoms with E-state index < -0.39 is 18.0 Å². The lowest BCUT2D eigenvalue weighted by atomic mass is 10.1. The normalized spacial score (nSPS) is 11.7. The van der Waals surface area contributed by atoms with Crippen molar-refractivity contribution in [3.63, 3.8) is 0 Å². The van der Waals surface area contributed by atoms with E-state index >= 15 is 0 Å². The number of nitrogens with zero attached hydrogens (tertiary/aromatic N) is 1. The summed E-state index contributed by atoms with van der Waals surface area (Å²) in [6, 6.07) is 15.7. The van der Waals surface area contributed by atoms with Crippen LogP contribution in [0, 0.1) is 13.8 Å². The minimum Gasteiger partial charge on any atom is -0.481 e. The Hall–Kier alpha value is -3.98. The molecule has 0 bridgehead atoms. The molecule has 1 heterocycles. The molecule has 3 aromatic rings. The Morgan fingerprint density at radius 3 is 2.40 bits per heavy atom. The van der Waals surface area contributed by atoms with Crippen LogP contribution >= 0.6 is 11.3 Å². The fraction of sp³-hybridized carbons (Fsp3) is 0.231. The molecule has 35 heavy (non-hydrogen) atoms. The van der Waals surface area contributed by atoms with Crippen LogP contribution < -0.4 is 15.5 Å². The van der Waals surface area contributed by atoms with Crippen LogP contribution in [0.1, 0.15) is 50.6 Å². The largest absolute Gasteiger partial charge is 0.481 e. The lowest BCUT2D eigenvalue weighted by Crippen LogP contribution is -2.33. The highest BCUT2D eigenvalue weighted by molar-refractivity contribution is 7.16. The Morgan fingerprint density at radius 1 is 1.06 bits per heavy atom. The van der Waals surface area contributed by atoms with Gasteiger partial charge in [0.2, 0.25) is 0 Å². The standard InChI is InChI=1S/C26H27N3O5S/c1-5-33-26(32)22-16(2)18(4)35-25(22)28-24(31)20-11-13-21(14-12-20)34-17(3)23(30)29-27-15-19-9-7-6-8-10-19/h6-15,17H,5H2,1-4H3,(H,28,31)(H,29,30). The summed E-state index contributed by atoms with van der Waals surface area (Å²) in [6.45, 7) is 7.29. The number of aryl methyl sites for hydroxylation is 1. The van der Waals surface area contributed by atoms with Crippen LogP contribution in [0.25, 0.3) is 0 Å². The van der Waals surface area contributed by atoms with Crippen LogP contribution in [-0.4, -0.2) is 36.7 Å². The summed E-state index contributed by atoms with van der Waals surface area (Å²) in [7, 11) is 0. The van der Waals surface area contributed by atoms with Gasteiger partial charge in [0.15, 0.2) is 6.10 Å². The Labute approximate surface area is 208 Å². The minimum atomic E-state index is -0.799. The number of hydrogen-bond acceptors (Lipinski definition) is 7. The van der Waals surface area contributed by atoms with Gasteiger partial charge >= 0.3 is 5.97 Å². The number of hydrazone groups is 1. The lowest BCUT2D eigenvalue weighted by Gasteiger charge is -2.13. The van der Waals surface area contributed by atoms with Gasteiger partial charge in [0.1, 0.15) is 10.8 Å². The van der Waals surface area contributed by atoms with Crippen molar-refractivity contribution in [2.24, 2.45) is 5.10 Å². The van der Waals surface area contributed by atoms with Crippen molar-refractivity contribution in [1.82, 2.24) is 5.43 Å². The van der Waals surface area contributed by atoms with E-state index in [1.54, 1.807) is 44.3 Å². The number of rotatable bonds is 9. The number of ether oxygens (including phenoxy) is 2. The molecule has 0 spiro atoms. The number of anilines is 1. The molecule has 182 valence electrons. The van der Waals surface area contributed by atoms with Crippen LogP contribution in [0.2, 0.25) is 0 Å². The molecule has 1 unspecified atom stereocenters. The smallest absolute Gasteiger partial charge is 0.341 e. The summed E-state index contributed by atoms with van der Waals surface area (Å²) in [4.78, 5) is 38.3. The van der Waals surface area contributed by atoms with Gasteiger partial charge in [-0.2, -0.15) is 5.10 Å². The van der Waals surface area contributed by atoms with E-state index in [-0.39, 0.29) is 12.5 Å². The molecule has 0 aliphatic heterocycles. The van der Waals surface area contributed by atoms with Crippen LogP contribution in [-0.2, 0) is 9.53 Å². The van der Waals surface area contributed by atoms with Gasteiger partial charge in [-0.05, 0) is 63.1 Å². The van der Waals surface area contributed by atoms with E-state index in [9.17, 15) is 14.4 Å². The van der Waals surface area contributed by atoms with E-state index in [1.807, 2.05) is 44.2 Å². The lowest BCUT2D eigenvalue weighted by molar-refractivity contribution is -0.127. The minimum absolute atomic E-state index is 0.248. The van der Waals surface area contributed by atoms with Crippen molar-refractivity contribution in [3.05, 3.63) is 81.7 Å². The van der Waals surface area contributed by atoms with Crippen LogP contribution in [0.3, 0.4) is 0 Å². The van der Waals surface area contributed by atoms with E-state index in [4.69, 9.17) is 9.47 Å². The SMILES string of the molecule is CCOC(=O)c1c(NC(=O)c2ccc(OC(C)C(=O)NN=Cc3ccccc3)cc2)sc(C)c1C. The Bertz CT molecular complexity index is 1220. The molecule has 2 amide bonds. The van der Waals surface area contributed by atoms with Crippen molar-refractivity contribution >= 4 is 40.3 Å². The maximum Gasteiger partial charge on any atom is 0.341 e. The summed E-state index contributed by atoms with van der Waals surface area (Å²) in [5, 5.41) is 7.18. The second-order valence-electron chi connectivity index (χ2n) is 7.59. The van der Waals surface area contributed by atoms with E-state index in [1.165, 1.54) is 11.3 Å². The molecule has 0 aliphatic carbocycles. The number of hydrogen-bond donors (Lipinski definition) is 2. The second kappa shape index (κ2) is 11.9. The molecule has 1 aromatic heterocycles. The van der Waals surface area contributed by atoms with Gasteiger partial charge in [0.25, 0.3) is 11.8 Å². The summed E-state index contributed by atoms with van der Waals surface area (Å²) in [5.41, 5.74) is 4.83. The van der Waals surface area contributed by atoms with Gasteiger partial charge in [-0.3, -0.25) is 9.59 Å². The highest BCUT2D eigenvalue weighted by Crippen LogP contribution is 2.33. The molecule has 0 aliphatic rings. The Balaban J connectivity index is 1.59. The molecule has 0 fully saturated rings. The zero-order valence-corrected chi connectivity index (χ0v) is 20.8. The van der Waals surface area contributed by atoms with Crippen LogP contribution in [0.5, 0.6) is 5.75 Å². The number of carbonyl (C=O) groups excluding carboxylic acids is 3. The third kappa shape index (κ3) is 6.77. The summed E-state index contributed by atoms with van der Waals surface area (Å²) in [6.07, 6.45) is 0.744.